The third kappa shape index (κ3) is 2.95. The zero-order chi connectivity index (χ0) is 18.9. The molecule has 1 amide bonds. The molecular formula is C24H17NO3. The van der Waals surface area contributed by atoms with Gasteiger partial charge in [-0.25, -0.2) is 0 Å². The summed E-state index contributed by atoms with van der Waals surface area (Å²) in [5.74, 6) is 1.98. The Balaban J connectivity index is 1.43. The van der Waals surface area contributed by atoms with E-state index < -0.39 is 0 Å². The van der Waals surface area contributed by atoms with Crippen LogP contribution in [0.2, 0.25) is 0 Å². The van der Waals surface area contributed by atoms with E-state index in [1.165, 1.54) is 0 Å². The fourth-order valence-corrected chi connectivity index (χ4v) is 3.42. The quantitative estimate of drug-likeness (QED) is 0.489. The van der Waals surface area contributed by atoms with Crippen LogP contribution in [-0.4, -0.2) is 5.91 Å². The second-order valence-corrected chi connectivity index (χ2v) is 6.64. The lowest BCUT2D eigenvalue weighted by Gasteiger charge is -2.11. The van der Waals surface area contributed by atoms with Gasteiger partial charge in [0.1, 0.15) is 12.4 Å². The Morgan fingerprint density at radius 2 is 1.57 bits per heavy atom. The number of hydrogen-bond donors (Lipinski definition) is 1. The Labute approximate surface area is 162 Å². The summed E-state index contributed by atoms with van der Waals surface area (Å²) < 4.78 is 11.8. The van der Waals surface area contributed by atoms with Gasteiger partial charge in [0, 0.05) is 16.8 Å². The van der Waals surface area contributed by atoms with Crippen LogP contribution in [0, 0.1) is 0 Å². The molecule has 0 unspecified atom stereocenters. The summed E-state index contributed by atoms with van der Waals surface area (Å²) in [7, 11) is 0. The van der Waals surface area contributed by atoms with E-state index >= 15 is 0 Å². The average molecular weight is 367 g/mol. The van der Waals surface area contributed by atoms with Crippen LogP contribution in [0.5, 0.6) is 17.2 Å². The van der Waals surface area contributed by atoms with Crippen molar-refractivity contribution >= 4 is 22.4 Å². The number of rotatable bonds is 2. The number of nitrogens with one attached hydrogen (secondary N) is 1. The molecular weight excluding hydrogens is 350 g/mol. The molecule has 0 atom stereocenters. The zero-order valence-electron chi connectivity index (χ0n) is 15.0. The molecule has 4 aromatic rings. The van der Waals surface area contributed by atoms with Gasteiger partial charge in [-0.3, -0.25) is 4.79 Å². The van der Waals surface area contributed by atoms with Crippen LogP contribution < -0.4 is 14.8 Å². The van der Waals surface area contributed by atoms with Crippen LogP contribution >= 0.6 is 0 Å². The fourth-order valence-electron chi connectivity index (χ4n) is 3.42. The van der Waals surface area contributed by atoms with Gasteiger partial charge in [-0.15, -0.1) is 0 Å². The van der Waals surface area contributed by atoms with Crippen molar-refractivity contribution in [1.82, 2.24) is 0 Å². The third-order valence-electron chi connectivity index (χ3n) is 4.80. The van der Waals surface area contributed by atoms with Gasteiger partial charge < -0.3 is 14.8 Å². The van der Waals surface area contributed by atoms with Crippen molar-refractivity contribution in [2.75, 3.05) is 5.32 Å². The van der Waals surface area contributed by atoms with Crippen molar-refractivity contribution in [1.29, 1.82) is 0 Å². The van der Waals surface area contributed by atoms with E-state index in [1.54, 1.807) is 0 Å². The Kier molecular flexibility index (Phi) is 3.95. The number of carbonyl (C=O) groups excluding carboxylic acids is 1. The highest BCUT2D eigenvalue weighted by atomic mass is 16.5. The molecule has 0 saturated heterocycles. The van der Waals surface area contributed by atoms with Crippen LogP contribution in [-0.2, 0) is 6.61 Å². The number of amides is 1. The van der Waals surface area contributed by atoms with E-state index in [-0.39, 0.29) is 5.91 Å². The molecule has 28 heavy (non-hydrogen) atoms. The van der Waals surface area contributed by atoms with E-state index in [2.05, 4.69) is 5.32 Å². The van der Waals surface area contributed by atoms with E-state index in [9.17, 15) is 4.79 Å². The highest BCUT2D eigenvalue weighted by Crippen LogP contribution is 2.38. The maximum atomic E-state index is 12.9. The van der Waals surface area contributed by atoms with Crippen molar-refractivity contribution < 1.29 is 14.3 Å². The molecule has 1 aliphatic heterocycles. The Morgan fingerprint density at radius 3 is 2.50 bits per heavy atom. The minimum atomic E-state index is -0.143. The topological polar surface area (TPSA) is 47.6 Å². The maximum absolute atomic E-state index is 12.9. The smallest absolute Gasteiger partial charge is 0.256 e. The predicted octanol–water partition coefficient (Wildman–Crippen LogP) is 5.78. The minimum Gasteiger partial charge on any atom is -0.485 e. The molecule has 5 rings (SSSR count). The molecule has 136 valence electrons. The van der Waals surface area contributed by atoms with Gasteiger partial charge in [0.2, 0.25) is 0 Å². The van der Waals surface area contributed by atoms with Gasteiger partial charge in [-0.2, -0.15) is 0 Å². The lowest BCUT2D eigenvalue weighted by Crippen LogP contribution is -2.12. The van der Waals surface area contributed by atoms with Crippen LogP contribution in [0.4, 0.5) is 5.69 Å². The molecule has 0 aliphatic carbocycles. The summed E-state index contributed by atoms with van der Waals surface area (Å²) in [4.78, 5) is 12.9. The largest absolute Gasteiger partial charge is 0.485 e. The van der Waals surface area contributed by atoms with Crippen molar-refractivity contribution in [2.45, 2.75) is 6.61 Å². The molecule has 0 saturated carbocycles. The number of ether oxygens (including phenoxy) is 2. The van der Waals surface area contributed by atoms with Crippen molar-refractivity contribution in [2.24, 2.45) is 0 Å². The van der Waals surface area contributed by atoms with Crippen LogP contribution in [0.15, 0.2) is 84.9 Å². The van der Waals surface area contributed by atoms with Crippen LogP contribution in [0.3, 0.4) is 0 Å². The van der Waals surface area contributed by atoms with Gasteiger partial charge >= 0.3 is 0 Å². The second-order valence-electron chi connectivity index (χ2n) is 6.64. The van der Waals surface area contributed by atoms with Crippen molar-refractivity contribution in [3.63, 3.8) is 0 Å². The molecule has 4 nitrogen and oxygen atoms in total. The lowest BCUT2D eigenvalue weighted by molar-refractivity contribution is 0.102. The predicted molar refractivity (Wildman–Crippen MR) is 109 cm³/mol. The molecule has 0 radical (unpaired) electrons. The van der Waals surface area contributed by atoms with Gasteiger partial charge in [0.15, 0.2) is 11.5 Å². The summed E-state index contributed by atoms with van der Waals surface area (Å²) in [6.45, 7) is 0.379. The number of anilines is 1. The number of hydrogen-bond acceptors (Lipinski definition) is 3. The highest BCUT2D eigenvalue weighted by molar-refractivity contribution is 6.12. The van der Waals surface area contributed by atoms with E-state index in [1.807, 2.05) is 84.9 Å². The monoisotopic (exact) mass is 367 g/mol. The van der Waals surface area contributed by atoms with E-state index in [0.717, 1.165) is 22.1 Å². The Morgan fingerprint density at radius 1 is 0.786 bits per heavy atom. The molecule has 1 N–H and O–H groups in total. The Bertz CT molecular complexity index is 1190. The first-order valence-corrected chi connectivity index (χ1v) is 9.10. The number of fused-ring (bicyclic) bond motifs is 3. The second kappa shape index (κ2) is 6.74. The lowest BCUT2D eigenvalue weighted by atomic mass is 10.0. The summed E-state index contributed by atoms with van der Waals surface area (Å²) >= 11 is 0. The SMILES string of the molecule is O=C(Nc1ccc2c(c1)COc1ccccc1O2)c1cccc2ccccc12. The highest BCUT2D eigenvalue weighted by Gasteiger charge is 2.17. The van der Waals surface area contributed by atoms with Gasteiger partial charge in [0.05, 0.1) is 0 Å². The summed E-state index contributed by atoms with van der Waals surface area (Å²) in [5.41, 5.74) is 2.23. The summed E-state index contributed by atoms with van der Waals surface area (Å²) in [6.07, 6.45) is 0. The first kappa shape index (κ1) is 16.4. The average Bonchev–Trinajstić information content (AvgIpc) is 2.92. The van der Waals surface area contributed by atoms with Crippen LogP contribution in [0.25, 0.3) is 10.8 Å². The molecule has 0 spiro atoms. The van der Waals surface area contributed by atoms with Gasteiger partial charge in [-0.05, 0) is 47.2 Å². The van der Waals surface area contributed by atoms with Crippen LogP contribution in [0.1, 0.15) is 15.9 Å². The molecule has 0 bridgehead atoms. The molecule has 4 heteroatoms. The minimum absolute atomic E-state index is 0.143. The van der Waals surface area contributed by atoms with Gasteiger partial charge in [0.25, 0.3) is 5.91 Å². The normalized spacial score (nSPS) is 12.1. The first-order valence-electron chi connectivity index (χ1n) is 9.10. The number of benzene rings is 4. The molecule has 1 heterocycles. The zero-order valence-corrected chi connectivity index (χ0v) is 15.0. The first-order chi connectivity index (χ1) is 13.8. The third-order valence-corrected chi connectivity index (χ3v) is 4.80. The maximum Gasteiger partial charge on any atom is 0.256 e. The van der Waals surface area contributed by atoms with Gasteiger partial charge in [-0.1, -0.05) is 48.5 Å². The molecule has 0 aromatic heterocycles. The summed E-state index contributed by atoms with van der Waals surface area (Å²) in [6, 6.07) is 26.8. The van der Waals surface area contributed by atoms with E-state index in [4.69, 9.17) is 9.47 Å². The summed E-state index contributed by atoms with van der Waals surface area (Å²) in [5, 5.41) is 4.96. The molecule has 0 fully saturated rings. The van der Waals surface area contributed by atoms with E-state index in [0.29, 0.717) is 29.4 Å². The molecule has 4 aromatic carbocycles. The van der Waals surface area contributed by atoms with Crippen molar-refractivity contribution in [3.05, 3.63) is 96.1 Å². The van der Waals surface area contributed by atoms with Crippen molar-refractivity contribution in [3.8, 4) is 17.2 Å². The standard InChI is InChI=1S/C24H17NO3/c26-24(20-9-5-7-16-6-1-2-8-19(16)20)25-18-12-13-21-17(14-18)15-27-22-10-3-4-11-23(22)28-21/h1-14H,15H2,(H,25,26). The number of para-hydroxylation sites is 2. The molecule has 1 aliphatic rings. The number of carbonyl (C=O) groups is 1. The Hall–Kier alpha value is -3.79. The fraction of sp³-hybridized carbons (Fsp3) is 0.0417.